The highest BCUT2D eigenvalue weighted by atomic mass is 16.5. The average Bonchev–Trinajstić information content (AvgIpc) is 2.64. The maximum Gasteiger partial charge on any atom is 0.339 e. The van der Waals surface area contributed by atoms with Crippen LogP contribution in [0.1, 0.15) is 107 Å². The molecular formula is C23H38O3. The van der Waals surface area contributed by atoms with Gasteiger partial charge in [-0.3, -0.25) is 0 Å². The Labute approximate surface area is 160 Å². The molecule has 0 bridgehead atoms. The number of aryl methyl sites for hydroxylation is 1. The summed E-state index contributed by atoms with van der Waals surface area (Å²) < 4.78 is 5.95. The van der Waals surface area contributed by atoms with Gasteiger partial charge in [0.15, 0.2) is 0 Å². The minimum Gasteiger partial charge on any atom is -0.492 e. The van der Waals surface area contributed by atoms with Gasteiger partial charge in [0.25, 0.3) is 0 Å². The molecule has 26 heavy (non-hydrogen) atoms. The second-order valence-electron chi connectivity index (χ2n) is 7.23. The van der Waals surface area contributed by atoms with Gasteiger partial charge in [-0.05, 0) is 30.9 Å². The van der Waals surface area contributed by atoms with Gasteiger partial charge < -0.3 is 9.84 Å². The topological polar surface area (TPSA) is 46.5 Å². The van der Waals surface area contributed by atoms with Crippen molar-refractivity contribution in [1.29, 1.82) is 0 Å². The molecule has 0 heterocycles. The van der Waals surface area contributed by atoms with Crippen LogP contribution in [0.5, 0.6) is 5.75 Å². The molecular weight excluding hydrogens is 324 g/mol. The van der Waals surface area contributed by atoms with E-state index < -0.39 is 5.97 Å². The molecule has 0 aliphatic rings. The Morgan fingerprint density at radius 2 is 1.42 bits per heavy atom. The summed E-state index contributed by atoms with van der Waals surface area (Å²) in [6, 6.07) is 5.52. The molecule has 1 aromatic carbocycles. The van der Waals surface area contributed by atoms with Crippen molar-refractivity contribution in [2.24, 2.45) is 0 Å². The van der Waals surface area contributed by atoms with Crippen LogP contribution in [-0.4, -0.2) is 17.7 Å². The van der Waals surface area contributed by atoms with Gasteiger partial charge in [0.2, 0.25) is 0 Å². The number of unbranched alkanes of at least 4 members (excludes halogenated alkanes) is 10. The number of hydrogen-bond donors (Lipinski definition) is 1. The lowest BCUT2D eigenvalue weighted by Crippen LogP contribution is -2.07. The van der Waals surface area contributed by atoms with Crippen molar-refractivity contribution < 1.29 is 14.6 Å². The molecule has 3 nitrogen and oxygen atoms in total. The van der Waals surface area contributed by atoms with Crippen LogP contribution in [0.15, 0.2) is 18.2 Å². The molecule has 0 amide bonds. The fourth-order valence-electron chi connectivity index (χ4n) is 3.27. The van der Waals surface area contributed by atoms with E-state index in [9.17, 15) is 9.90 Å². The molecule has 0 fully saturated rings. The first-order valence-corrected chi connectivity index (χ1v) is 10.7. The predicted molar refractivity (Wildman–Crippen MR) is 109 cm³/mol. The highest BCUT2D eigenvalue weighted by molar-refractivity contribution is 5.91. The summed E-state index contributed by atoms with van der Waals surface area (Å²) in [5, 5.41) is 9.48. The van der Waals surface area contributed by atoms with E-state index in [-0.39, 0.29) is 0 Å². The Balaban J connectivity index is 2.50. The predicted octanol–water partition coefficient (Wildman–Crippen LogP) is 7.03. The summed E-state index contributed by atoms with van der Waals surface area (Å²) in [6.07, 6.45) is 15.6. The standard InChI is InChI=1S/C23H38O3/c1-3-5-7-9-11-13-16-20-17-15-18-21(23(24)25)22(20)26-19-14-12-10-8-6-4-2/h15,17-18H,3-14,16,19H2,1-2H3,(H,24,25). The average molecular weight is 363 g/mol. The van der Waals surface area contributed by atoms with Gasteiger partial charge in [0.1, 0.15) is 11.3 Å². The van der Waals surface area contributed by atoms with Crippen molar-refractivity contribution in [2.75, 3.05) is 6.61 Å². The maximum atomic E-state index is 11.5. The van der Waals surface area contributed by atoms with Crippen LogP contribution >= 0.6 is 0 Å². The molecule has 0 aliphatic heterocycles. The summed E-state index contributed by atoms with van der Waals surface area (Å²) >= 11 is 0. The lowest BCUT2D eigenvalue weighted by Gasteiger charge is -2.14. The minimum atomic E-state index is -0.896. The Kier molecular flexibility index (Phi) is 12.7. The molecule has 1 rings (SSSR count). The number of carbonyl (C=O) groups is 1. The molecule has 1 N–H and O–H groups in total. The molecule has 1 aromatic rings. The summed E-state index contributed by atoms with van der Waals surface area (Å²) in [5.74, 6) is -0.296. The Hall–Kier alpha value is -1.51. The third-order valence-corrected chi connectivity index (χ3v) is 4.87. The number of carboxylic acids is 1. The third kappa shape index (κ3) is 9.26. The molecule has 0 unspecified atom stereocenters. The van der Waals surface area contributed by atoms with Gasteiger partial charge in [0, 0.05) is 0 Å². The second kappa shape index (κ2) is 14.6. The smallest absolute Gasteiger partial charge is 0.339 e. The zero-order chi connectivity index (χ0) is 19.0. The Bertz CT molecular complexity index is 496. The molecule has 0 radical (unpaired) electrons. The van der Waals surface area contributed by atoms with E-state index in [0.29, 0.717) is 17.9 Å². The van der Waals surface area contributed by atoms with E-state index in [0.717, 1.165) is 31.2 Å². The minimum absolute atomic E-state index is 0.305. The monoisotopic (exact) mass is 362 g/mol. The third-order valence-electron chi connectivity index (χ3n) is 4.87. The van der Waals surface area contributed by atoms with E-state index in [1.807, 2.05) is 12.1 Å². The lowest BCUT2D eigenvalue weighted by atomic mass is 10.0. The van der Waals surface area contributed by atoms with E-state index in [4.69, 9.17) is 4.74 Å². The van der Waals surface area contributed by atoms with E-state index >= 15 is 0 Å². The van der Waals surface area contributed by atoms with Gasteiger partial charge in [0.05, 0.1) is 6.61 Å². The van der Waals surface area contributed by atoms with Crippen LogP contribution in [-0.2, 0) is 6.42 Å². The van der Waals surface area contributed by atoms with Gasteiger partial charge >= 0.3 is 5.97 Å². The van der Waals surface area contributed by atoms with Crippen LogP contribution in [0.2, 0.25) is 0 Å². The molecule has 148 valence electrons. The molecule has 0 saturated carbocycles. The number of hydrogen-bond acceptors (Lipinski definition) is 2. The molecule has 0 saturated heterocycles. The van der Waals surface area contributed by atoms with Gasteiger partial charge in [-0.1, -0.05) is 90.2 Å². The van der Waals surface area contributed by atoms with Crippen molar-refractivity contribution >= 4 is 5.97 Å². The zero-order valence-corrected chi connectivity index (χ0v) is 16.9. The number of para-hydroxylation sites is 1. The van der Waals surface area contributed by atoms with Crippen LogP contribution in [0.4, 0.5) is 0 Å². The number of aromatic carboxylic acids is 1. The zero-order valence-electron chi connectivity index (χ0n) is 16.9. The number of rotatable bonds is 16. The number of ether oxygens (including phenoxy) is 1. The van der Waals surface area contributed by atoms with Crippen molar-refractivity contribution in [3.05, 3.63) is 29.3 Å². The number of benzene rings is 1. The van der Waals surface area contributed by atoms with Gasteiger partial charge in [-0.2, -0.15) is 0 Å². The lowest BCUT2D eigenvalue weighted by molar-refractivity contribution is 0.0692. The SMILES string of the molecule is CCCCCCCCOc1c(CCCCCCCC)cccc1C(=O)O. The fraction of sp³-hybridized carbons (Fsp3) is 0.696. The molecule has 3 heteroatoms. The van der Waals surface area contributed by atoms with Crippen LogP contribution in [0.25, 0.3) is 0 Å². The maximum absolute atomic E-state index is 11.5. The highest BCUT2D eigenvalue weighted by Gasteiger charge is 2.15. The molecule has 0 atom stereocenters. The van der Waals surface area contributed by atoms with Crippen molar-refractivity contribution in [2.45, 2.75) is 97.3 Å². The van der Waals surface area contributed by atoms with Crippen LogP contribution < -0.4 is 4.74 Å². The first-order chi connectivity index (χ1) is 12.7. The first kappa shape index (κ1) is 22.5. The van der Waals surface area contributed by atoms with Crippen molar-refractivity contribution in [1.82, 2.24) is 0 Å². The Morgan fingerprint density at radius 3 is 2.04 bits per heavy atom. The van der Waals surface area contributed by atoms with Crippen molar-refractivity contribution in [3.63, 3.8) is 0 Å². The molecule has 0 spiro atoms. The molecule has 0 aromatic heterocycles. The van der Waals surface area contributed by atoms with E-state index in [1.165, 1.54) is 57.8 Å². The Morgan fingerprint density at radius 1 is 0.846 bits per heavy atom. The summed E-state index contributed by atoms with van der Waals surface area (Å²) in [7, 11) is 0. The summed E-state index contributed by atoms with van der Waals surface area (Å²) in [5.41, 5.74) is 1.35. The quantitative estimate of drug-likeness (QED) is 0.321. The largest absolute Gasteiger partial charge is 0.492 e. The second-order valence-corrected chi connectivity index (χ2v) is 7.23. The normalized spacial score (nSPS) is 10.8. The molecule has 0 aliphatic carbocycles. The van der Waals surface area contributed by atoms with E-state index in [2.05, 4.69) is 13.8 Å². The fourth-order valence-corrected chi connectivity index (χ4v) is 3.27. The van der Waals surface area contributed by atoms with Crippen molar-refractivity contribution in [3.8, 4) is 5.75 Å². The highest BCUT2D eigenvalue weighted by Crippen LogP contribution is 2.26. The number of carboxylic acid groups (broad SMARTS) is 1. The van der Waals surface area contributed by atoms with Gasteiger partial charge in [-0.25, -0.2) is 4.79 Å². The summed E-state index contributed by atoms with van der Waals surface area (Å²) in [4.78, 5) is 11.5. The first-order valence-electron chi connectivity index (χ1n) is 10.7. The van der Waals surface area contributed by atoms with Crippen LogP contribution in [0, 0.1) is 0 Å². The summed E-state index contributed by atoms with van der Waals surface area (Å²) in [6.45, 7) is 5.06. The van der Waals surface area contributed by atoms with Crippen LogP contribution in [0.3, 0.4) is 0 Å². The van der Waals surface area contributed by atoms with Gasteiger partial charge in [-0.15, -0.1) is 0 Å². The van der Waals surface area contributed by atoms with E-state index in [1.54, 1.807) is 6.07 Å².